The predicted molar refractivity (Wildman–Crippen MR) is 163 cm³/mol. The van der Waals surface area contributed by atoms with Crippen molar-refractivity contribution in [3.8, 4) is 0 Å². The smallest absolute Gasteiger partial charge is 0.299 e. The van der Waals surface area contributed by atoms with Crippen molar-refractivity contribution in [2.45, 2.75) is 0 Å². The van der Waals surface area contributed by atoms with Gasteiger partial charge < -0.3 is 16.4 Å². The summed E-state index contributed by atoms with van der Waals surface area (Å²) in [6.07, 6.45) is 0. The number of para-hydroxylation sites is 1. The molecule has 4 rings (SSSR count). The van der Waals surface area contributed by atoms with E-state index in [-0.39, 0.29) is 45.5 Å². The van der Waals surface area contributed by atoms with Crippen LogP contribution in [0.1, 0.15) is 0 Å². The van der Waals surface area contributed by atoms with E-state index in [0.717, 1.165) is 30.3 Å². The normalized spacial score (nSPS) is 9.67. The zero-order valence-electron chi connectivity index (χ0n) is 23.2. The van der Waals surface area contributed by atoms with Crippen molar-refractivity contribution in [2.24, 2.45) is 0 Å². The summed E-state index contributed by atoms with van der Waals surface area (Å²) in [6, 6.07) is 18.8. The standard InChI is InChI=1S/C12H9N3O4.C7H7N3O4.C6H5N3O4/c16-14(17)10-6-7-11(12(8-10)15(18)19)13-9-4-2-1-3-5-9;1-8-6-3-2-5(9(11)12)4-7(6)10(13)14;7-5-2-1-4(8(10)11)3-6(5)9(12)13/h1-8,13H;2-4,8H,1H3;1-3H,7H2. The minimum Gasteiger partial charge on any atom is -0.393 e. The highest BCUT2D eigenvalue weighted by Gasteiger charge is 2.20. The Kier molecular flexibility index (Phi) is 12.0. The minimum atomic E-state index is -0.762. The molecule has 0 aromatic heterocycles. The van der Waals surface area contributed by atoms with E-state index in [4.69, 9.17) is 5.73 Å². The average Bonchev–Trinajstić information content (AvgIpc) is 3.01. The van der Waals surface area contributed by atoms with E-state index in [9.17, 15) is 60.7 Å². The Morgan fingerprint density at radius 2 is 0.891 bits per heavy atom. The van der Waals surface area contributed by atoms with Crippen molar-refractivity contribution in [3.05, 3.63) is 146 Å². The van der Waals surface area contributed by atoms with Crippen LogP contribution >= 0.6 is 0 Å². The second-order valence-corrected chi connectivity index (χ2v) is 8.43. The summed E-state index contributed by atoms with van der Waals surface area (Å²) >= 11 is 0. The van der Waals surface area contributed by atoms with Gasteiger partial charge in [-0.3, -0.25) is 60.7 Å². The number of nitrogens with zero attached hydrogens (tertiary/aromatic N) is 6. The topological polar surface area (TPSA) is 309 Å². The minimum absolute atomic E-state index is 0.0874. The van der Waals surface area contributed by atoms with Gasteiger partial charge >= 0.3 is 0 Å². The second-order valence-electron chi connectivity index (χ2n) is 8.43. The zero-order chi connectivity index (χ0) is 34.6. The second kappa shape index (κ2) is 15.8. The summed E-state index contributed by atoms with van der Waals surface area (Å²) in [5, 5.41) is 68.3. The van der Waals surface area contributed by atoms with E-state index >= 15 is 0 Å². The molecule has 0 amide bonds. The molecule has 0 aliphatic carbocycles. The number of anilines is 4. The summed E-state index contributed by atoms with van der Waals surface area (Å²) in [7, 11) is 1.51. The summed E-state index contributed by atoms with van der Waals surface area (Å²) in [6.45, 7) is 0. The molecule has 0 spiro atoms. The van der Waals surface area contributed by atoms with Gasteiger partial charge in [-0.15, -0.1) is 0 Å². The average molecular weight is 639 g/mol. The fourth-order valence-electron chi connectivity index (χ4n) is 3.37. The third kappa shape index (κ3) is 9.62. The number of nitrogens with two attached hydrogens (primary N) is 1. The number of hydrogen-bond acceptors (Lipinski definition) is 15. The third-order valence-corrected chi connectivity index (χ3v) is 5.52. The predicted octanol–water partition coefficient (Wildman–Crippen LogP) is 5.88. The first kappa shape index (κ1) is 34.9. The molecule has 0 fully saturated rings. The lowest BCUT2D eigenvalue weighted by atomic mass is 10.2. The van der Waals surface area contributed by atoms with Gasteiger partial charge in [-0.25, -0.2) is 0 Å². The molecule has 0 aliphatic rings. The summed E-state index contributed by atoms with van der Waals surface area (Å²) in [4.78, 5) is 58.8. The maximum Gasteiger partial charge on any atom is 0.299 e. The lowest BCUT2D eigenvalue weighted by Crippen LogP contribution is -1.98. The van der Waals surface area contributed by atoms with Crippen molar-refractivity contribution in [2.75, 3.05) is 23.4 Å². The highest BCUT2D eigenvalue weighted by molar-refractivity contribution is 5.71. The molecule has 0 saturated carbocycles. The monoisotopic (exact) mass is 639 g/mol. The summed E-state index contributed by atoms with van der Waals surface area (Å²) < 4.78 is 0. The van der Waals surface area contributed by atoms with E-state index in [1.807, 2.05) is 6.07 Å². The van der Waals surface area contributed by atoms with Crippen LogP contribution in [0.5, 0.6) is 0 Å². The number of nitro benzene ring substituents is 6. The molecule has 0 saturated heterocycles. The third-order valence-electron chi connectivity index (χ3n) is 5.52. The van der Waals surface area contributed by atoms with E-state index in [0.29, 0.717) is 5.69 Å². The van der Waals surface area contributed by atoms with Crippen LogP contribution < -0.4 is 16.4 Å². The van der Waals surface area contributed by atoms with Gasteiger partial charge in [0.1, 0.15) is 17.1 Å². The Balaban J connectivity index is 0.000000246. The fourth-order valence-corrected chi connectivity index (χ4v) is 3.37. The number of hydrogen-bond donors (Lipinski definition) is 3. The first-order valence-corrected chi connectivity index (χ1v) is 12.2. The van der Waals surface area contributed by atoms with Gasteiger partial charge in [-0.1, -0.05) is 18.2 Å². The molecule has 238 valence electrons. The molecule has 4 aromatic rings. The van der Waals surface area contributed by atoms with E-state index in [2.05, 4.69) is 10.6 Å². The Morgan fingerprint density at radius 1 is 0.500 bits per heavy atom. The van der Waals surface area contributed by atoms with Crippen molar-refractivity contribution >= 4 is 56.9 Å². The lowest BCUT2D eigenvalue weighted by molar-refractivity contribution is -0.393. The molecule has 46 heavy (non-hydrogen) atoms. The van der Waals surface area contributed by atoms with Crippen LogP contribution in [0.15, 0.2) is 84.9 Å². The van der Waals surface area contributed by atoms with E-state index < -0.39 is 35.2 Å². The van der Waals surface area contributed by atoms with Gasteiger partial charge in [0.25, 0.3) is 34.1 Å². The van der Waals surface area contributed by atoms with Crippen LogP contribution in [0.3, 0.4) is 0 Å². The number of nitro groups is 6. The van der Waals surface area contributed by atoms with Gasteiger partial charge in [-0.05, 0) is 30.3 Å². The zero-order valence-corrected chi connectivity index (χ0v) is 23.2. The number of rotatable bonds is 9. The molecule has 0 unspecified atom stereocenters. The summed E-state index contributed by atoms with van der Waals surface area (Å²) in [5.74, 6) is 0. The molecule has 21 heteroatoms. The van der Waals surface area contributed by atoms with Crippen LogP contribution in [0, 0.1) is 60.7 Å². The molecule has 0 radical (unpaired) electrons. The Morgan fingerprint density at radius 3 is 1.30 bits per heavy atom. The molecule has 4 N–H and O–H groups in total. The highest BCUT2D eigenvalue weighted by atomic mass is 16.6. The van der Waals surface area contributed by atoms with Crippen LogP contribution in [0.4, 0.5) is 56.9 Å². The number of benzene rings is 4. The number of nitrogen functional groups attached to an aromatic ring is 1. The molecule has 21 nitrogen and oxygen atoms in total. The molecule has 4 aromatic carbocycles. The van der Waals surface area contributed by atoms with E-state index in [1.54, 1.807) is 24.3 Å². The quantitative estimate of drug-likeness (QED) is 0.109. The first-order chi connectivity index (χ1) is 21.7. The Bertz CT molecular complexity index is 1800. The SMILES string of the molecule is CNc1ccc([N+](=O)[O-])cc1[N+](=O)[O-].Nc1ccc([N+](=O)[O-])cc1[N+](=O)[O-].O=[N+]([O-])c1ccc(Nc2ccccc2)c([N+](=O)[O-])c1. The maximum atomic E-state index is 10.9. The highest BCUT2D eigenvalue weighted by Crippen LogP contribution is 2.31. The van der Waals surface area contributed by atoms with Gasteiger partial charge in [0.15, 0.2) is 0 Å². The van der Waals surface area contributed by atoms with Gasteiger partial charge in [0, 0.05) is 30.9 Å². The van der Waals surface area contributed by atoms with Crippen LogP contribution in [-0.4, -0.2) is 36.6 Å². The van der Waals surface area contributed by atoms with Gasteiger partial charge in [0.05, 0.1) is 47.7 Å². The van der Waals surface area contributed by atoms with Crippen LogP contribution in [0.2, 0.25) is 0 Å². The van der Waals surface area contributed by atoms with Crippen LogP contribution in [0.25, 0.3) is 0 Å². The van der Waals surface area contributed by atoms with Crippen molar-refractivity contribution in [3.63, 3.8) is 0 Å². The number of non-ortho nitro benzene ring substituents is 3. The fraction of sp³-hybridized carbons (Fsp3) is 0.0400. The molecule has 0 atom stereocenters. The number of nitrogens with one attached hydrogen (secondary N) is 2. The van der Waals surface area contributed by atoms with E-state index in [1.165, 1.54) is 31.3 Å². The van der Waals surface area contributed by atoms with Crippen LogP contribution in [-0.2, 0) is 0 Å². The molecule has 0 heterocycles. The van der Waals surface area contributed by atoms with Crippen molar-refractivity contribution in [1.82, 2.24) is 0 Å². The first-order valence-electron chi connectivity index (χ1n) is 12.2. The Labute approximate surface area is 255 Å². The Hall–Kier alpha value is -7.32. The van der Waals surface area contributed by atoms with Crippen molar-refractivity contribution < 1.29 is 29.5 Å². The summed E-state index contributed by atoms with van der Waals surface area (Å²) in [5.41, 5.74) is 4.22. The molecule has 0 aliphatic heterocycles. The lowest BCUT2D eigenvalue weighted by Gasteiger charge is -2.06. The largest absolute Gasteiger partial charge is 0.393 e. The molecular formula is C25H21N9O12. The molecule has 0 bridgehead atoms. The van der Waals surface area contributed by atoms with Gasteiger partial charge in [-0.2, -0.15) is 0 Å². The molecular weight excluding hydrogens is 618 g/mol. The van der Waals surface area contributed by atoms with Crippen molar-refractivity contribution in [1.29, 1.82) is 0 Å². The maximum absolute atomic E-state index is 10.9. The van der Waals surface area contributed by atoms with Gasteiger partial charge in [0.2, 0.25) is 0 Å².